The van der Waals surface area contributed by atoms with Crippen LogP contribution in [0, 0.1) is 5.82 Å². The topological polar surface area (TPSA) is 86.9 Å². The Morgan fingerprint density at radius 3 is 2.64 bits per heavy atom. The molecule has 2 N–H and O–H groups in total. The van der Waals surface area contributed by atoms with E-state index in [1.54, 1.807) is 41.6 Å². The van der Waals surface area contributed by atoms with E-state index in [9.17, 15) is 4.39 Å². The van der Waals surface area contributed by atoms with Gasteiger partial charge in [-0.1, -0.05) is 0 Å². The van der Waals surface area contributed by atoms with Gasteiger partial charge in [0.2, 0.25) is 0 Å². The number of aromatic nitrogens is 6. The third-order valence-corrected chi connectivity index (χ3v) is 4.39. The van der Waals surface area contributed by atoms with E-state index in [2.05, 4.69) is 20.1 Å². The highest BCUT2D eigenvalue weighted by molar-refractivity contribution is 5.78. The quantitative estimate of drug-likeness (QED) is 0.525. The number of anilines is 1. The summed E-state index contributed by atoms with van der Waals surface area (Å²) in [5, 5.41) is 4.65. The average Bonchev–Trinajstić information content (AvgIpc) is 3.31. The summed E-state index contributed by atoms with van der Waals surface area (Å²) in [7, 11) is 0. The lowest BCUT2D eigenvalue weighted by Gasteiger charge is -2.10. The molecule has 4 aromatic heterocycles. The first-order chi connectivity index (χ1) is 13.7. The molecule has 0 aliphatic rings. The maximum atomic E-state index is 13.4. The summed E-state index contributed by atoms with van der Waals surface area (Å²) in [6.07, 6.45) is 6.81. The van der Waals surface area contributed by atoms with Crippen LogP contribution in [0.4, 0.5) is 10.2 Å². The molecule has 5 aromatic rings. The van der Waals surface area contributed by atoms with Crippen LogP contribution < -0.4 is 5.73 Å². The number of rotatable bonds is 3. The van der Waals surface area contributed by atoms with Crippen LogP contribution in [0.15, 0.2) is 73.4 Å². The van der Waals surface area contributed by atoms with E-state index in [0.29, 0.717) is 22.9 Å². The molecule has 1 aromatic carbocycles. The first-order valence-corrected chi connectivity index (χ1v) is 8.55. The summed E-state index contributed by atoms with van der Waals surface area (Å²) < 4.78 is 16.9. The Morgan fingerprint density at radius 2 is 1.86 bits per heavy atom. The van der Waals surface area contributed by atoms with Gasteiger partial charge in [-0.3, -0.25) is 9.55 Å². The van der Waals surface area contributed by atoms with Gasteiger partial charge in [-0.15, -0.1) is 0 Å². The zero-order valence-electron chi connectivity index (χ0n) is 14.6. The first-order valence-electron chi connectivity index (χ1n) is 8.55. The maximum Gasteiger partial charge on any atom is 0.156 e. The van der Waals surface area contributed by atoms with Gasteiger partial charge in [0, 0.05) is 11.8 Å². The summed E-state index contributed by atoms with van der Waals surface area (Å²) in [5.41, 5.74) is 10.2. The summed E-state index contributed by atoms with van der Waals surface area (Å²) in [5.74, 6) is 0.0922. The van der Waals surface area contributed by atoms with Crippen molar-refractivity contribution in [3.8, 4) is 28.3 Å². The lowest BCUT2D eigenvalue weighted by molar-refractivity contribution is 0.628. The number of halogens is 1. The monoisotopic (exact) mass is 371 g/mol. The van der Waals surface area contributed by atoms with Crippen molar-refractivity contribution in [2.75, 3.05) is 5.73 Å². The molecule has 7 nitrogen and oxygen atoms in total. The molecule has 0 amide bonds. The smallest absolute Gasteiger partial charge is 0.156 e. The number of fused-ring (bicyclic) bond motifs is 1. The van der Waals surface area contributed by atoms with E-state index in [1.165, 1.54) is 12.1 Å². The molecular weight excluding hydrogens is 357 g/mol. The summed E-state index contributed by atoms with van der Waals surface area (Å²) in [6, 6.07) is 13.7. The van der Waals surface area contributed by atoms with Gasteiger partial charge >= 0.3 is 0 Å². The van der Waals surface area contributed by atoms with Crippen LogP contribution in [0.1, 0.15) is 0 Å². The van der Waals surface area contributed by atoms with Crippen LogP contribution in [-0.2, 0) is 0 Å². The predicted molar refractivity (Wildman–Crippen MR) is 103 cm³/mol. The largest absolute Gasteiger partial charge is 0.382 e. The molecule has 0 aliphatic carbocycles. The fraction of sp³-hybridized carbons (Fsp3) is 0. The van der Waals surface area contributed by atoms with Crippen molar-refractivity contribution >= 4 is 11.5 Å². The van der Waals surface area contributed by atoms with Crippen LogP contribution >= 0.6 is 0 Å². The van der Waals surface area contributed by atoms with Crippen LogP contribution in [0.5, 0.6) is 0 Å². The average molecular weight is 371 g/mol. The summed E-state index contributed by atoms with van der Waals surface area (Å²) >= 11 is 0. The Labute approximate surface area is 158 Å². The number of nitrogen functional groups attached to an aromatic ring is 1. The molecule has 28 heavy (non-hydrogen) atoms. The lowest BCUT2D eigenvalue weighted by Crippen LogP contribution is -2.01. The van der Waals surface area contributed by atoms with Gasteiger partial charge in [0.25, 0.3) is 0 Å². The highest BCUT2D eigenvalue weighted by Crippen LogP contribution is 2.32. The molecule has 5 rings (SSSR count). The molecule has 136 valence electrons. The maximum absolute atomic E-state index is 13.4. The molecular formula is C20H14FN7. The molecule has 0 atom stereocenters. The zero-order chi connectivity index (χ0) is 19.1. The minimum Gasteiger partial charge on any atom is -0.382 e. The van der Waals surface area contributed by atoms with Gasteiger partial charge in [-0.2, -0.15) is 5.10 Å². The van der Waals surface area contributed by atoms with Crippen LogP contribution in [0.3, 0.4) is 0 Å². The third-order valence-electron chi connectivity index (χ3n) is 4.39. The number of imidazole rings is 2. The van der Waals surface area contributed by atoms with Crippen LogP contribution in [0.25, 0.3) is 34.0 Å². The van der Waals surface area contributed by atoms with E-state index in [-0.39, 0.29) is 5.82 Å². The SMILES string of the molecule is Nc1cn2nc(-c3c(-c4ccc(F)cc4)ncn3-c3cccnc3)ccc2n1. The Kier molecular flexibility index (Phi) is 3.61. The number of hydrogen-bond acceptors (Lipinski definition) is 5. The molecule has 0 fully saturated rings. The molecule has 0 aliphatic heterocycles. The van der Waals surface area contributed by atoms with Gasteiger partial charge in [0.05, 0.1) is 23.8 Å². The Balaban J connectivity index is 1.76. The predicted octanol–water partition coefficient (Wildman–Crippen LogP) is 3.37. The van der Waals surface area contributed by atoms with Gasteiger partial charge < -0.3 is 5.73 Å². The van der Waals surface area contributed by atoms with E-state index in [4.69, 9.17) is 5.73 Å². The Bertz CT molecular complexity index is 1270. The molecule has 0 bridgehead atoms. The normalized spacial score (nSPS) is 11.2. The van der Waals surface area contributed by atoms with Crippen molar-refractivity contribution in [1.29, 1.82) is 0 Å². The second-order valence-corrected chi connectivity index (χ2v) is 6.22. The van der Waals surface area contributed by atoms with Crippen molar-refractivity contribution in [2.45, 2.75) is 0 Å². The summed E-state index contributed by atoms with van der Waals surface area (Å²) in [4.78, 5) is 13.0. The van der Waals surface area contributed by atoms with E-state index in [0.717, 1.165) is 16.9 Å². The van der Waals surface area contributed by atoms with Gasteiger partial charge in [-0.05, 0) is 48.5 Å². The molecule has 0 radical (unpaired) electrons. The van der Waals surface area contributed by atoms with Crippen molar-refractivity contribution in [1.82, 2.24) is 29.1 Å². The number of nitrogens with two attached hydrogens (primary N) is 1. The minimum absolute atomic E-state index is 0.301. The molecule has 0 unspecified atom stereocenters. The van der Waals surface area contributed by atoms with Crippen molar-refractivity contribution < 1.29 is 4.39 Å². The van der Waals surface area contributed by atoms with Crippen molar-refractivity contribution in [3.63, 3.8) is 0 Å². The Hall–Kier alpha value is -4.07. The molecule has 0 spiro atoms. The van der Waals surface area contributed by atoms with Crippen molar-refractivity contribution in [3.05, 3.63) is 79.3 Å². The number of nitrogens with zero attached hydrogens (tertiary/aromatic N) is 6. The summed E-state index contributed by atoms with van der Waals surface area (Å²) in [6.45, 7) is 0. The van der Waals surface area contributed by atoms with Crippen molar-refractivity contribution in [2.24, 2.45) is 0 Å². The lowest BCUT2D eigenvalue weighted by atomic mass is 10.1. The zero-order valence-corrected chi connectivity index (χ0v) is 14.6. The molecule has 0 saturated carbocycles. The van der Waals surface area contributed by atoms with Crippen LogP contribution in [0.2, 0.25) is 0 Å². The van der Waals surface area contributed by atoms with Crippen LogP contribution in [-0.4, -0.2) is 29.1 Å². The molecule has 4 heterocycles. The number of pyridine rings is 1. The standard InChI is InChI=1S/C20H14FN7/c21-14-5-3-13(4-6-14)19-20(27(12-24-19)15-2-1-9-23-10-15)16-7-8-18-25-17(22)11-28(18)26-16/h1-12H,22H2. The molecule has 8 heteroatoms. The fourth-order valence-electron chi connectivity index (χ4n) is 3.13. The second kappa shape index (κ2) is 6.27. The number of benzene rings is 1. The third kappa shape index (κ3) is 2.67. The molecule has 0 saturated heterocycles. The first kappa shape index (κ1) is 16.1. The van der Waals surface area contributed by atoms with E-state index >= 15 is 0 Å². The van der Waals surface area contributed by atoms with E-state index < -0.39 is 0 Å². The highest BCUT2D eigenvalue weighted by Gasteiger charge is 2.18. The van der Waals surface area contributed by atoms with Gasteiger partial charge in [0.15, 0.2) is 5.65 Å². The number of hydrogen-bond donors (Lipinski definition) is 1. The highest BCUT2D eigenvalue weighted by atomic mass is 19.1. The minimum atomic E-state index is -0.301. The van der Waals surface area contributed by atoms with Gasteiger partial charge in [0.1, 0.15) is 29.4 Å². The van der Waals surface area contributed by atoms with E-state index in [1.807, 2.05) is 28.8 Å². The second-order valence-electron chi connectivity index (χ2n) is 6.22. The fourth-order valence-corrected chi connectivity index (χ4v) is 3.13. The van der Waals surface area contributed by atoms with Gasteiger partial charge in [-0.25, -0.2) is 18.9 Å². The Morgan fingerprint density at radius 1 is 1.00 bits per heavy atom.